The van der Waals surface area contributed by atoms with Gasteiger partial charge in [0.05, 0.1) is 6.10 Å². The lowest BCUT2D eigenvalue weighted by atomic mass is 10.1. The van der Waals surface area contributed by atoms with Gasteiger partial charge < -0.3 is 15.3 Å². The van der Waals surface area contributed by atoms with Crippen molar-refractivity contribution in [3.05, 3.63) is 0 Å². The molecule has 2 aliphatic carbocycles. The number of likely N-dealkylation sites (tertiary alicyclic amines) is 1. The van der Waals surface area contributed by atoms with Gasteiger partial charge in [0.1, 0.15) is 0 Å². The molecular weight excluding hydrogens is 278 g/mol. The summed E-state index contributed by atoms with van der Waals surface area (Å²) in [4.78, 5) is 16.7. The second kappa shape index (κ2) is 7.18. The first kappa shape index (κ1) is 16.1. The van der Waals surface area contributed by atoms with Crippen molar-refractivity contribution in [2.24, 2.45) is 5.92 Å². The van der Waals surface area contributed by atoms with Crippen molar-refractivity contribution < 1.29 is 9.90 Å². The molecule has 1 aliphatic heterocycles. The van der Waals surface area contributed by atoms with Gasteiger partial charge in [0.25, 0.3) is 0 Å². The Morgan fingerprint density at radius 1 is 1.18 bits per heavy atom. The van der Waals surface area contributed by atoms with Crippen LogP contribution in [-0.2, 0) is 0 Å². The maximum atomic E-state index is 12.3. The number of hydrogen-bond acceptors (Lipinski definition) is 3. The minimum Gasteiger partial charge on any atom is -0.393 e. The fourth-order valence-corrected chi connectivity index (χ4v) is 4.46. The van der Waals surface area contributed by atoms with Crippen LogP contribution in [0.3, 0.4) is 0 Å². The molecule has 22 heavy (non-hydrogen) atoms. The zero-order valence-electron chi connectivity index (χ0n) is 13.8. The third kappa shape index (κ3) is 3.74. The molecule has 0 spiro atoms. The number of rotatable bonds is 4. The fourth-order valence-electron chi connectivity index (χ4n) is 4.46. The zero-order valence-corrected chi connectivity index (χ0v) is 13.8. The van der Waals surface area contributed by atoms with Gasteiger partial charge in [-0.1, -0.05) is 19.3 Å². The van der Waals surface area contributed by atoms with Crippen LogP contribution in [0.25, 0.3) is 0 Å². The second-order valence-electron chi connectivity index (χ2n) is 7.51. The molecule has 0 aromatic carbocycles. The van der Waals surface area contributed by atoms with E-state index in [2.05, 4.69) is 10.2 Å². The van der Waals surface area contributed by atoms with Crippen molar-refractivity contribution >= 4 is 6.03 Å². The minimum absolute atomic E-state index is 0.0253. The number of urea groups is 1. The SMILES string of the molecule is CN(CC1CCCC1O)C(=O)NC1CCN(C2CCCC2)C1. The van der Waals surface area contributed by atoms with Crippen LogP contribution in [0.4, 0.5) is 4.79 Å². The molecule has 5 nitrogen and oxygen atoms in total. The molecule has 3 aliphatic rings. The van der Waals surface area contributed by atoms with Crippen LogP contribution in [0.2, 0.25) is 0 Å². The van der Waals surface area contributed by atoms with E-state index < -0.39 is 0 Å². The quantitative estimate of drug-likeness (QED) is 0.833. The van der Waals surface area contributed by atoms with Gasteiger partial charge in [0.2, 0.25) is 0 Å². The Kier molecular flexibility index (Phi) is 5.24. The molecule has 0 radical (unpaired) electrons. The average molecular weight is 309 g/mol. The summed E-state index contributed by atoms with van der Waals surface area (Å²) in [5.41, 5.74) is 0. The Bertz CT molecular complexity index is 384. The smallest absolute Gasteiger partial charge is 0.317 e. The number of nitrogens with one attached hydrogen (secondary N) is 1. The van der Waals surface area contributed by atoms with Crippen molar-refractivity contribution in [2.45, 2.75) is 69.6 Å². The van der Waals surface area contributed by atoms with Crippen molar-refractivity contribution in [1.82, 2.24) is 15.1 Å². The third-order valence-corrected chi connectivity index (χ3v) is 5.86. The first-order valence-corrected chi connectivity index (χ1v) is 9.07. The van der Waals surface area contributed by atoms with Gasteiger partial charge in [0, 0.05) is 44.7 Å². The van der Waals surface area contributed by atoms with Crippen LogP contribution in [0.15, 0.2) is 0 Å². The van der Waals surface area contributed by atoms with E-state index in [1.807, 2.05) is 7.05 Å². The van der Waals surface area contributed by atoms with Gasteiger partial charge in [-0.2, -0.15) is 0 Å². The normalized spacial score (nSPS) is 33.5. The second-order valence-corrected chi connectivity index (χ2v) is 7.51. The van der Waals surface area contributed by atoms with E-state index >= 15 is 0 Å². The molecular formula is C17H31N3O2. The number of aliphatic hydroxyl groups is 1. The van der Waals surface area contributed by atoms with Gasteiger partial charge >= 0.3 is 6.03 Å². The van der Waals surface area contributed by atoms with Crippen LogP contribution in [0.1, 0.15) is 51.4 Å². The number of nitrogens with zero attached hydrogens (tertiary/aromatic N) is 2. The lowest BCUT2D eigenvalue weighted by Crippen LogP contribution is -2.46. The Hall–Kier alpha value is -0.810. The summed E-state index contributed by atoms with van der Waals surface area (Å²) >= 11 is 0. The van der Waals surface area contributed by atoms with Crippen LogP contribution >= 0.6 is 0 Å². The van der Waals surface area contributed by atoms with E-state index in [0.717, 1.165) is 44.8 Å². The molecule has 3 fully saturated rings. The Balaban J connectivity index is 1.41. The van der Waals surface area contributed by atoms with Crippen molar-refractivity contribution in [3.8, 4) is 0 Å². The first-order valence-electron chi connectivity index (χ1n) is 9.07. The van der Waals surface area contributed by atoms with Crippen molar-refractivity contribution in [1.29, 1.82) is 0 Å². The molecule has 0 aromatic rings. The summed E-state index contributed by atoms with van der Waals surface area (Å²) in [6.07, 6.45) is 9.26. The van der Waals surface area contributed by atoms with Gasteiger partial charge in [-0.05, 0) is 32.1 Å². The van der Waals surface area contributed by atoms with Crippen LogP contribution in [-0.4, -0.2) is 65.8 Å². The van der Waals surface area contributed by atoms with Crippen molar-refractivity contribution in [2.75, 3.05) is 26.7 Å². The molecule has 126 valence electrons. The molecule has 3 unspecified atom stereocenters. The molecule has 0 bridgehead atoms. The standard InChI is InChI=1S/C17H31N3O2/c1-19(11-13-5-4-8-16(13)21)17(22)18-14-9-10-20(12-14)15-6-2-3-7-15/h13-16,21H,2-12H2,1H3,(H,18,22). The van der Waals surface area contributed by atoms with Crippen LogP contribution < -0.4 is 5.32 Å². The van der Waals surface area contributed by atoms with Crippen molar-refractivity contribution in [3.63, 3.8) is 0 Å². The molecule has 5 heteroatoms. The Morgan fingerprint density at radius 3 is 2.64 bits per heavy atom. The topological polar surface area (TPSA) is 55.8 Å². The zero-order chi connectivity index (χ0) is 15.5. The summed E-state index contributed by atoms with van der Waals surface area (Å²) in [6, 6.07) is 1.08. The summed E-state index contributed by atoms with van der Waals surface area (Å²) in [7, 11) is 1.85. The third-order valence-electron chi connectivity index (χ3n) is 5.86. The molecule has 2 saturated carbocycles. The van der Waals surface area contributed by atoms with Gasteiger partial charge in [0.15, 0.2) is 0 Å². The maximum absolute atomic E-state index is 12.3. The number of amides is 2. The number of hydrogen-bond donors (Lipinski definition) is 2. The lowest BCUT2D eigenvalue weighted by molar-refractivity contribution is 0.113. The Morgan fingerprint density at radius 2 is 1.95 bits per heavy atom. The largest absolute Gasteiger partial charge is 0.393 e. The minimum atomic E-state index is -0.223. The molecule has 1 heterocycles. The number of aliphatic hydroxyl groups excluding tert-OH is 1. The number of carbonyl (C=O) groups excluding carboxylic acids is 1. The van der Waals surface area contributed by atoms with E-state index in [9.17, 15) is 9.90 Å². The number of carbonyl (C=O) groups is 1. The monoisotopic (exact) mass is 309 g/mol. The highest BCUT2D eigenvalue weighted by molar-refractivity contribution is 5.74. The van der Waals surface area contributed by atoms with Gasteiger partial charge in [-0.3, -0.25) is 4.90 Å². The summed E-state index contributed by atoms with van der Waals surface area (Å²) in [5.74, 6) is 0.259. The highest BCUT2D eigenvalue weighted by atomic mass is 16.3. The van der Waals surface area contributed by atoms with Gasteiger partial charge in [-0.15, -0.1) is 0 Å². The van der Waals surface area contributed by atoms with E-state index in [1.165, 1.54) is 25.7 Å². The molecule has 3 rings (SSSR count). The summed E-state index contributed by atoms with van der Waals surface area (Å²) < 4.78 is 0. The predicted molar refractivity (Wildman–Crippen MR) is 86.7 cm³/mol. The molecule has 0 aromatic heterocycles. The molecule has 3 atom stereocenters. The van der Waals surface area contributed by atoms with E-state index in [1.54, 1.807) is 4.90 Å². The highest BCUT2D eigenvalue weighted by Gasteiger charge is 2.32. The molecule has 2 amide bonds. The maximum Gasteiger partial charge on any atom is 0.317 e. The lowest BCUT2D eigenvalue weighted by Gasteiger charge is -2.26. The fraction of sp³-hybridized carbons (Fsp3) is 0.941. The Labute approximate surface area is 134 Å². The van der Waals surface area contributed by atoms with E-state index in [0.29, 0.717) is 12.6 Å². The average Bonchev–Trinajstić information content (AvgIpc) is 3.21. The highest BCUT2D eigenvalue weighted by Crippen LogP contribution is 2.27. The predicted octanol–water partition coefficient (Wildman–Crippen LogP) is 1.81. The van der Waals surface area contributed by atoms with Gasteiger partial charge in [-0.25, -0.2) is 4.79 Å². The summed E-state index contributed by atoms with van der Waals surface area (Å²) in [6.45, 7) is 2.81. The molecule has 2 N–H and O–H groups in total. The van der Waals surface area contributed by atoms with E-state index in [-0.39, 0.29) is 18.1 Å². The van der Waals surface area contributed by atoms with E-state index in [4.69, 9.17) is 0 Å². The molecule has 1 saturated heterocycles. The summed E-state index contributed by atoms with van der Waals surface area (Å²) in [5, 5.41) is 13.1. The van der Waals surface area contributed by atoms with Crippen LogP contribution in [0.5, 0.6) is 0 Å². The van der Waals surface area contributed by atoms with Crippen LogP contribution in [0, 0.1) is 5.92 Å². The first-order chi connectivity index (χ1) is 10.6.